The number of aromatic nitrogens is 2. The first kappa shape index (κ1) is 31.2. The SMILES string of the molecule is CC(C)CCNC(Cc1ccncc1)C(=O)CC(Cc1ccc(OCc2cccnc2)cc1)C(=O)CC(C)(C)C. The molecule has 214 valence electrons. The molecule has 2 atom stereocenters. The first-order valence-electron chi connectivity index (χ1n) is 14.4. The summed E-state index contributed by atoms with van der Waals surface area (Å²) in [6, 6.07) is 15.3. The molecule has 2 unspecified atom stereocenters. The molecular formula is C34H45N3O3. The largest absolute Gasteiger partial charge is 0.489 e. The molecule has 6 nitrogen and oxygen atoms in total. The van der Waals surface area contributed by atoms with Gasteiger partial charge in [0, 0.05) is 49.1 Å². The van der Waals surface area contributed by atoms with E-state index in [4.69, 9.17) is 4.74 Å². The van der Waals surface area contributed by atoms with Crippen LogP contribution in [0.3, 0.4) is 0 Å². The van der Waals surface area contributed by atoms with Crippen LogP contribution in [0.15, 0.2) is 73.3 Å². The predicted octanol–water partition coefficient (Wildman–Crippen LogP) is 6.43. The average Bonchev–Trinajstić information content (AvgIpc) is 2.91. The van der Waals surface area contributed by atoms with Crippen LogP contribution in [-0.2, 0) is 29.0 Å². The van der Waals surface area contributed by atoms with E-state index in [1.54, 1.807) is 24.8 Å². The second kappa shape index (κ2) is 15.4. The Balaban J connectivity index is 1.71. The van der Waals surface area contributed by atoms with Gasteiger partial charge in [0.05, 0.1) is 6.04 Å². The molecule has 0 amide bonds. The smallest absolute Gasteiger partial charge is 0.150 e. The van der Waals surface area contributed by atoms with Gasteiger partial charge in [0.1, 0.15) is 18.1 Å². The molecule has 0 aliphatic carbocycles. The highest BCUT2D eigenvalue weighted by Gasteiger charge is 2.29. The number of benzene rings is 1. The number of Topliss-reactive ketones (excluding diaryl/α,β-unsaturated/α-hetero) is 2. The van der Waals surface area contributed by atoms with Crippen LogP contribution in [0.1, 0.15) is 70.6 Å². The van der Waals surface area contributed by atoms with Crippen LogP contribution in [0.25, 0.3) is 0 Å². The maximum atomic E-state index is 13.7. The van der Waals surface area contributed by atoms with Gasteiger partial charge in [0.15, 0.2) is 5.78 Å². The molecule has 3 aromatic rings. The van der Waals surface area contributed by atoms with Gasteiger partial charge in [-0.05, 0) is 78.6 Å². The molecule has 0 spiro atoms. The minimum absolute atomic E-state index is 0.0873. The van der Waals surface area contributed by atoms with Crippen molar-refractivity contribution in [2.45, 2.75) is 79.4 Å². The second-order valence-corrected chi connectivity index (χ2v) is 12.3. The zero-order chi connectivity index (χ0) is 29.0. The number of rotatable bonds is 16. The maximum Gasteiger partial charge on any atom is 0.150 e. The van der Waals surface area contributed by atoms with E-state index in [9.17, 15) is 9.59 Å². The summed E-state index contributed by atoms with van der Waals surface area (Å²) >= 11 is 0. The number of carbonyl (C=O) groups excluding carboxylic acids is 2. The van der Waals surface area contributed by atoms with Crippen molar-refractivity contribution in [1.29, 1.82) is 0 Å². The van der Waals surface area contributed by atoms with Crippen LogP contribution in [0, 0.1) is 17.3 Å². The number of nitrogens with one attached hydrogen (secondary N) is 1. The van der Waals surface area contributed by atoms with Gasteiger partial charge in [-0.15, -0.1) is 0 Å². The van der Waals surface area contributed by atoms with E-state index >= 15 is 0 Å². The van der Waals surface area contributed by atoms with Crippen LogP contribution < -0.4 is 10.1 Å². The number of hydrogen-bond donors (Lipinski definition) is 1. The van der Waals surface area contributed by atoms with Crippen LogP contribution in [-0.4, -0.2) is 34.1 Å². The lowest BCUT2D eigenvalue weighted by Gasteiger charge is -2.24. The Kier molecular flexibility index (Phi) is 12.0. The number of ketones is 2. The van der Waals surface area contributed by atoms with Gasteiger partial charge in [0.2, 0.25) is 0 Å². The van der Waals surface area contributed by atoms with Crippen molar-refractivity contribution in [3.8, 4) is 5.75 Å². The van der Waals surface area contributed by atoms with Crippen molar-refractivity contribution >= 4 is 11.6 Å². The molecule has 0 fully saturated rings. The van der Waals surface area contributed by atoms with Gasteiger partial charge in [-0.25, -0.2) is 0 Å². The van der Waals surface area contributed by atoms with Gasteiger partial charge in [-0.1, -0.05) is 52.8 Å². The topological polar surface area (TPSA) is 81.2 Å². The molecule has 0 radical (unpaired) electrons. The Bertz CT molecular complexity index is 1170. The summed E-state index contributed by atoms with van der Waals surface area (Å²) in [7, 11) is 0. The summed E-state index contributed by atoms with van der Waals surface area (Å²) in [5, 5.41) is 3.49. The highest BCUT2D eigenvalue weighted by Crippen LogP contribution is 2.26. The molecule has 0 saturated heterocycles. The van der Waals surface area contributed by atoms with E-state index < -0.39 is 0 Å². The third kappa shape index (κ3) is 11.4. The van der Waals surface area contributed by atoms with Crippen molar-refractivity contribution in [3.05, 3.63) is 90.0 Å². The molecule has 0 aliphatic heterocycles. The van der Waals surface area contributed by atoms with Crippen molar-refractivity contribution in [2.75, 3.05) is 6.54 Å². The predicted molar refractivity (Wildman–Crippen MR) is 160 cm³/mol. The summed E-state index contributed by atoms with van der Waals surface area (Å²) in [6.07, 6.45) is 9.79. The van der Waals surface area contributed by atoms with Gasteiger partial charge in [-0.3, -0.25) is 19.6 Å². The van der Waals surface area contributed by atoms with E-state index in [-0.39, 0.29) is 35.4 Å². The number of nitrogens with zero attached hydrogens (tertiary/aromatic N) is 2. The Morgan fingerprint density at radius 1 is 0.850 bits per heavy atom. The van der Waals surface area contributed by atoms with Crippen LogP contribution >= 0.6 is 0 Å². The molecule has 2 aromatic heterocycles. The summed E-state index contributed by atoms with van der Waals surface area (Å²) in [6.45, 7) is 11.8. The molecule has 3 rings (SSSR count). The highest BCUT2D eigenvalue weighted by molar-refractivity contribution is 5.91. The first-order valence-corrected chi connectivity index (χ1v) is 14.4. The van der Waals surface area contributed by atoms with E-state index in [2.05, 4.69) is 49.9 Å². The van der Waals surface area contributed by atoms with Crippen molar-refractivity contribution in [3.63, 3.8) is 0 Å². The Hall–Kier alpha value is -3.38. The molecule has 0 bridgehead atoms. The monoisotopic (exact) mass is 543 g/mol. The normalized spacial score (nSPS) is 13.2. The number of pyridine rings is 2. The summed E-state index contributed by atoms with van der Waals surface area (Å²) in [5.74, 6) is 1.15. The zero-order valence-corrected chi connectivity index (χ0v) is 24.7. The number of ether oxygens (including phenoxy) is 1. The van der Waals surface area contributed by atoms with Gasteiger partial charge < -0.3 is 10.1 Å². The first-order chi connectivity index (χ1) is 19.1. The third-order valence-corrected chi connectivity index (χ3v) is 6.83. The van der Waals surface area contributed by atoms with E-state index in [0.29, 0.717) is 31.8 Å². The molecular weight excluding hydrogens is 498 g/mol. The van der Waals surface area contributed by atoms with Gasteiger partial charge in [-0.2, -0.15) is 0 Å². The molecule has 0 saturated carbocycles. The molecule has 6 heteroatoms. The minimum atomic E-state index is -0.374. The zero-order valence-electron chi connectivity index (χ0n) is 24.7. The third-order valence-electron chi connectivity index (χ3n) is 6.83. The maximum absolute atomic E-state index is 13.7. The van der Waals surface area contributed by atoms with Gasteiger partial charge in [0.25, 0.3) is 0 Å². The van der Waals surface area contributed by atoms with E-state index in [1.165, 1.54) is 0 Å². The average molecular weight is 544 g/mol. The standard InChI is InChI=1S/C34H45N3O3/c1-25(2)12-18-37-31(20-27-13-16-35-17-14-27)32(38)21-29(33(39)22-34(3,4)5)19-26-8-10-30(11-9-26)40-24-28-7-6-15-36-23-28/h6-11,13-17,23,25,29,31,37H,12,18-22,24H2,1-5H3. The van der Waals surface area contributed by atoms with Crippen molar-refractivity contribution in [2.24, 2.45) is 17.3 Å². The van der Waals surface area contributed by atoms with Gasteiger partial charge >= 0.3 is 0 Å². The second-order valence-electron chi connectivity index (χ2n) is 12.3. The Morgan fingerprint density at radius 3 is 2.17 bits per heavy atom. The van der Waals surface area contributed by atoms with Crippen LogP contribution in [0.5, 0.6) is 5.75 Å². The molecule has 40 heavy (non-hydrogen) atoms. The van der Waals surface area contributed by atoms with Crippen LogP contribution in [0.2, 0.25) is 0 Å². The Labute approximate surface area is 240 Å². The quantitative estimate of drug-likeness (QED) is 0.224. The van der Waals surface area contributed by atoms with Crippen molar-refractivity contribution < 1.29 is 14.3 Å². The summed E-state index contributed by atoms with van der Waals surface area (Å²) in [5.41, 5.74) is 2.94. The fourth-order valence-electron chi connectivity index (χ4n) is 4.61. The van der Waals surface area contributed by atoms with E-state index in [0.717, 1.165) is 35.4 Å². The lowest BCUT2D eigenvalue weighted by atomic mass is 9.80. The number of carbonyl (C=O) groups is 2. The highest BCUT2D eigenvalue weighted by atomic mass is 16.5. The molecule has 2 heterocycles. The lowest BCUT2D eigenvalue weighted by Crippen LogP contribution is -2.41. The molecule has 0 aliphatic rings. The van der Waals surface area contributed by atoms with Crippen LogP contribution in [0.4, 0.5) is 0 Å². The molecule has 1 aromatic carbocycles. The lowest BCUT2D eigenvalue weighted by molar-refractivity contribution is -0.130. The summed E-state index contributed by atoms with van der Waals surface area (Å²) in [4.78, 5) is 35.4. The summed E-state index contributed by atoms with van der Waals surface area (Å²) < 4.78 is 5.90. The Morgan fingerprint density at radius 2 is 1.55 bits per heavy atom. The van der Waals surface area contributed by atoms with E-state index in [1.807, 2.05) is 48.5 Å². The fraction of sp³-hybridized carbons (Fsp3) is 0.471. The molecule has 1 N–H and O–H groups in total. The van der Waals surface area contributed by atoms with Crippen molar-refractivity contribution in [1.82, 2.24) is 15.3 Å². The fourth-order valence-corrected chi connectivity index (χ4v) is 4.61. The minimum Gasteiger partial charge on any atom is -0.489 e. The number of hydrogen-bond acceptors (Lipinski definition) is 6.